The molecule has 7 heteroatoms. The van der Waals surface area contributed by atoms with Gasteiger partial charge in [0.1, 0.15) is 11.5 Å². The molecule has 2 fully saturated rings. The number of piperidine rings is 2. The van der Waals surface area contributed by atoms with Crippen LogP contribution in [-0.4, -0.2) is 56.4 Å². The summed E-state index contributed by atoms with van der Waals surface area (Å²) >= 11 is 5.17. The molecule has 2 heterocycles. The summed E-state index contributed by atoms with van der Waals surface area (Å²) in [4.78, 5) is 24.8. The second-order valence-corrected chi connectivity index (χ2v) is 12.3. The molecule has 1 amide bonds. The average Bonchev–Trinajstić information content (AvgIpc) is 3.13. The molecule has 0 aliphatic carbocycles. The third-order valence-electron chi connectivity index (χ3n) is 8.70. The minimum atomic E-state index is -0.314. The van der Waals surface area contributed by atoms with E-state index in [2.05, 4.69) is 35.6 Å². The van der Waals surface area contributed by atoms with Gasteiger partial charge in [0.15, 0.2) is 0 Å². The minimum Gasteiger partial charge on any atom is -0.497 e. The van der Waals surface area contributed by atoms with E-state index in [1.807, 2.05) is 83.8 Å². The molecule has 6 nitrogen and oxygen atoms in total. The molecule has 4 aromatic carbocycles. The molecule has 0 spiro atoms. The van der Waals surface area contributed by atoms with E-state index in [1.165, 1.54) is 24.0 Å². The Labute approximate surface area is 285 Å². The molecule has 0 atom stereocenters. The molecule has 0 aromatic heterocycles. The quantitative estimate of drug-likeness (QED) is 0.196. The molecule has 0 bridgehead atoms. The first-order chi connectivity index (χ1) is 22.9. The Kier molecular flexibility index (Phi) is 14.8. The number of hydrogen-bond acceptors (Lipinski definition) is 5. The third-order valence-corrected chi connectivity index (χ3v) is 8.83. The van der Waals surface area contributed by atoms with Crippen molar-refractivity contribution in [1.29, 1.82) is 0 Å². The van der Waals surface area contributed by atoms with E-state index in [-0.39, 0.29) is 11.1 Å². The SMILES string of the molecule is COc1cccc(C2CCN(C(=O)Cc3ccccc3)CC2)c1.COc1cccc(C2CCNCC2)c1.O=C(Cl)Cc1ccccc1. The number of carbonyl (C=O) groups is 2. The van der Waals surface area contributed by atoms with E-state index in [0.717, 1.165) is 61.6 Å². The maximum Gasteiger partial charge on any atom is 0.226 e. The largest absolute Gasteiger partial charge is 0.497 e. The van der Waals surface area contributed by atoms with Crippen LogP contribution in [0.1, 0.15) is 59.8 Å². The highest BCUT2D eigenvalue weighted by Gasteiger charge is 2.24. The molecule has 47 heavy (non-hydrogen) atoms. The number of halogens is 1. The number of carbonyl (C=O) groups excluding carboxylic acids is 2. The molecule has 2 aliphatic heterocycles. The zero-order valence-corrected chi connectivity index (χ0v) is 28.3. The van der Waals surface area contributed by atoms with Crippen molar-refractivity contribution in [3.8, 4) is 11.5 Å². The molecule has 0 saturated carbocycles. The Morgan fingerprint density at radius 1 is 0.660 bits per heavy atom. The highest BCUT2D eigenvalue weighted by molar-refractivity contribution is 6.63. The first-order valence-electron chi connectivity index (χ1n) is 16.5. The van der Waals surface area contributed by atoms with Gasteiger partial charge in [-0.05, 0) is 109 Å². The van der Waals surface area contributed by atoms with Crippen molar-refractivity contribution in [3.63, 3.8) is 0 Å². The summed E-state index contributed by atoms with van der Waals surface area (Å²) in [5.41, 5.74) is 4.79. The third kappa shape index (κ3) is 12.2. The summed E-state index contributed by atoms with van der Waals surface area (Å²) < 4.78 is 10.5. The fourth-order valence-electron chi connectivity index (χ4n) is 6.05. The predicted molar refractivity (Wildman–Crippen MR) is 191 cm³/mol. The number of nitrogens with one attached hydrogen (secondary N) is 1. The molecular formula is C40H47ClN2O4. The van der Waals surface area contributed by atoms with Crippen LogP contribution in [0.15, 0.2) is 109 Å². The van der Waals surface area contributed by atoms with Crippen molar-refractivity contribution in [3.05, 3.63) is 131 Å². The number of nitrogens with zero attached hydrogens (tertiary/aromatic N) is 1. The molecule has 0 unspecified atom stereocenters. The van der Waals surface area contributed by atoms with Gasteiger partial charge in [-0.15, -0.1) is 0 Å². The highest BCUT2D eigenvalue weighted by Crippen LogP contribution is 2.30. The van der Waals surface area contributed by atoms with Crippen LogP contribution in [0.2, 0.25) is 0 Å². The van der Waals surface area contributed by atoms with Crippen LogP contribution in [0.5, 0.6) is 11.5 Å². The van der Waals surface area contributed by atoms with Crippen molar-refractivity contribution in [1.82, 2.24) is 10.2 Å². The number of likely N-dealkylation sites (tertiary alicyclic amines) is 1. The minimum absolute atomic E-state index is 0.236. The van der Waals surface area contributed by atoms with Crippen LogP contribution in [0.3, 0.4) is 0 Å². The van der Waals surface area contributed by atoms with Gasteiger partial charge >= 0.3 is 0 Å². The zero-order valence-electron chi connectivity index (χ0n) is 27.6. The van der Waals surface area contributed by atoms with Gasteiger partial charge in [0, 0.05) is 19.5 Å². The number of amides is 1. The van der Waals surface area contributed by atoms with E-state index in [9.17, 15) is 9.59 Å². The standard InChI is InChI=1S/C20H23NO2.C12H17NO.C8H7ClO/c1-23-19-9-5-8-18(15-19)17-10-12-21(13-11-17)20(22)14-16-6-3-2-4-7-16;1-14-12-4-2-3-11(9-12)10-5-7-13-8-6-10;9-8(10)6-7-4-2-1-3-5-7/h2-9,15,17H,10-14H2,1H3;2-4,9-10,13H,5-8H2,1H3;1-5H,6H2. The van der Waals surface area contributed by atoms with Gasteiger partial charge in [-0.3, -0.25) is 9.59 Å². The second kappa shape index (κ2) is 19.5. The maximum atomic E-state index is 12.4. The molecule has 0 radical (unpaired) electrons. The van der Waals surface area contributed by atoms with Crippen molar-refractivity contribution in [2.75, 3.05) is 40.4 Å². The number of ether oxygens (including phenoxy) is 2. The van der Waals surface area contributed by atoms with Crippen LogP contribution in [0.25, 0.3) is 0 Å². The zero-order chi connectivity index (χ0) is 33.3. The summed E-state index contributed by atoms with van der Waals surface area (Å²) in [6.07, 6.45) is 5.36. The number of methoxy groups -OCH3 is 2. The van der Waals surface area contributed by atoms with Crippen molar-refractivity contribution in [2.24, 2.45) is 0 Å². The topological polar surface area (TPSA) is 67.9 Å². The van der Waals surface area contributed by atoms with Gasteiger partial charge in [0.2, 0.25) is 11.1 Å². The lowest BCUT2D eigenvalue weighted by molar-refractivity contribution is -0.131. The summed E-state index contributed by atoms with van der Waals surface area (Å²) in [7, 11) is 3.42. The predicted octanol–water partition coefficient (Wildman–Crippen LogP) is 7.80. The van der Waals surface area contributed by atoms with Crippen molar-refractivity contribution < 1.29 is 19.1 Å². The summed E-state index contributed by atoms with van der Waals surface area (Å²) in [5, 5.41) is 3.07. The number of hydrogen-bond donors (Lipinski definition) is 1. The molecule has 2 aliphatic rings. The molecule has 4 aromatic rings. The summed E-state index contributed by atoms with van der Waals surface area (Å²) in [5.74, 6) is 3.35. The smallest absolute Gasteiger partial charge is 0.226 e. The Hall–Kier alpha value is -4.13. The van der Waals surface area contributed by atoms with Crippen LogP contribution in [0, 0.1) is 0 Å². The van der Waals surface area contributed by atoms with E-state index >= 15 is 0 Å². The first kappa shape index (κ1) is 35.7. The van der Waals surface area contributed by atoms with E-state index in [4.69, 9.17) is 21.1 Å². The molecule has 1 N–H and O–H groups in total. The van der Waals surface area contributed by atoms with Crippen LogP contribution in [0.4, 0.5) is 0 Å². The lowest BCUT2D eigenvalue weighted by Crippen LogP contribution is -2.38. The van der Waals surface area contributed by atoms with Gasteiger partial charge in [-0.2, -0.15) is 0 Å². The highest BCUT2D eigenvalue weighted by atomic mass is 35.5. The normalized spacial score (nSPS) is 14.9. The molecule has 2 saturated heterocycles. The second-order valence-electron chi connectivity index (χ2n) is 11.9. The van der Waals surface area contributed by atoms with Crippen LogP contribution in [-0.2, 0) is 22.4 Å². The summed E-state index contributed by atoms with van der Waals surface area (Å²) in [6, 6.07) is 36.1. The summed E-state index contributed by atoms with van der Waals surface area (Å²) in [6.45, 7) is 3.96. The monoisotopic (exact) mass is 654 g/mol. The van der Waals surface area contributed by atoms with Gasteiger partial charge < -0.3 is 19.7 Å². The van der Waals surface area contributed by atoms with Gasteiger partial charge in [-0.25, -0.2) is 0 Å². The fraction of sp³-hybridized carbons (Fsp3) is 0.350. The van der Waals surface area contributed by atoms with E-state index < -0.39 is 0 Å². The van der Waals surface area contributed by atoms with Gasteiger partial charge in [-0.1, -0.05) is 84.9 Å². The Morgan fingerprint density at radius 2 is 1.13 bits per heavy atom. The molecular weight excluding hydrogens is 608 g/mol. The number of rotatable bonds is 8. The Bertz CT molecular complexity index is 1500. The molecule has 248 valence electrons. The first-order valence-corrected chi connectivity index (χ1v) is 16.9. The van der Waals surface area contributed by atoms with Crippen LogP contribution < -0.4 is 14.8 Å². The van der Waals surface area contributed by atoms with Crippen molar-refractivity contribution in [2.45, 2.75) is 50.4 Å². The molecule has 6 rings (SSSR count). The average molecular weight is 655 g/mol. The number of benzene rings is 4. The Morgan fingerprint density at radius 3 is 1.60 bits per heavy atom. The van der Waals surface area contributed by atoms with Crippen molar-refractivity contribution >= 4 is 22.8 Å². The van der Waals surface area contributed by atoms with E-state index in [1.54, 1.807) is 14.2 Å². The van der Waals surface area contributed by atoms with Gasteiger partial charge in [0.05, 0.1) is 20.6 Å². The van der Waals surface area contributed by atoms with E-state index in [0.29, 0.717) is 24.7 Å². The lowest BCUT2D eigenvalue weighted by Gasteiger charge is -2.32. The fourth-order valence-corrected chi connectivity index (χ4v) is 6.20. The van der Waals surface area contributed by atoms with Gasteiger partial charge in [0.25, 0.3) is 0 Å². The lowest BCUT2D eigenvalue weighted by atomic mass is 9.89. The maximum absolute atomic E-state index is 12.4. The van der Waals surface area contributed by atoms with Crippen LogP contribution >= 0.6 is 11.6 Å². The Balaban J connectivity index is 0.000000177.